The number of nitrogens with zero attached hydrogens (tertiary/aromatic N) is 2. The van der Waals surface area contributed by atoms with Crippen molar-refractivity contribution < 1.29 is 9.50 Å². The zero-order chi connectivity index (χ0) is 13.5. The number of nitroso groups, excluding NO2 is 1. The Balaban J connectivity index is 1.86. The van der Waals surface area contributed by atoms with Crippen LogP contribution < -0.4 is 4.74 Å². The molecule has 19 heavy (non-hydrogen) atoms. The average Bonchev–Trinajstić information content (AvgIpc) is 2.45. The highest BCUT2D eigenvalue weighted by atomic mass is 16.5. The fourth-order valence-corrected chi connectivity index (χ4v) is 1.66. The molecule has 4 nitrogen and oxygen atoms in total. The minimum atomic E-state index is 0.478. The second-order valence-electron chi connectivity index (χ2n) is 4.38. The van der Waals surface area contributed by atoms with Crippen LogP contribution in [-0.4, -0.2) is 23.3 Å². The molecule has 1 heterocycles. The third kappa shape index (κ3) is 4.50. The Morgan fingerprint density at radius 2 is 1.89 bits per heavy atom. The lowest BCUT2D eigenvalue weighted by Crippen LogP contribution is -2.06. The fraction of sp³-hybridized carbons (Fsp3) is 0.267. The molecular formula is C15H17N2O2+. The Bertz CT molecular complexity index is 524. The number of rotatable bonds is 6. The molecule has 98 valence electrons. The Labute approximate surface area is 112 Å². The lowest BCUT2D eigenvalue weighted by molar-refractivity contribution is -0.518. The van der Waals surface area contributed by atoms with Gasteiger partial charge in [0.05, 0.1) is 0 Å². The van der Waals surface area contributed by atoms with Crippen LogP contribution in [0.15, 0.2) is 48.7 Å². The SMILES string of the molecule is C[N+](=O)CCc1ccc(OCc2ccccc2)nc1. The monoisotopic (exact) mass is 257 g/mol. The van der Waals surface area contributed by atoms with Crippen LogP contribution in [0, 0.1) is 4.91 Å². The van der Waals surface area contributed by atoms with Gasteiger partial charge in [-0.3, -0.25) is 0 Å². The summed E-state index contributed by atoms with van der Waals surface area (Å²) < 4.78 is 6.51. The number of pyridine rings is 1. The molecule has 2 rings (SSSR count). The summed E-state index contributed by atoms with van der Waals surface area (Å²) in [6.45, 7) is 0.988. The molecule has 0 fully saturated rings. The van der Waals surface area contributed by atoms with Crippen LogP contribution in [0.25, 0.3) is 0 Å². The second kappa shape index (κ2) is 6.64. The molecule has 0 N–H and O–H groups in total. The molecule has 0 amide bonds. The van der Waals surface area contributed by atoms with Crippen LogP contribution in [0.4, 0.5) is 0 Å². The van der Waals surface area contributed by atoms with E-state index in [2.05, 4.69) is 4.98 Å². The van der Waals surface area contributed by atoms with E-state index in [-0.39, 0.29) is 0 Å². The first-order chi connectivity index (χ1) is 9.24. The Kier molecular flexibility index (Phi) is 4.61. The van der Waals surface area contributed by atoms with Crippen molar-refractivity contribution in [2.24, 2.45) is 0 Å². The van der Waals surface area contributed by atoms with Crippen molar-refractivity contribution in [1.82, 2.24) is 4.98 Å². The molecule has 0 spiro atoms. The maximum Gasteiger partial charge on any atom is 0.213 e. The number of hydrogen-bond donors (Lipinski definition) is 0. The molecule has 0 aliphatic rings. The van der Waals surface area contributed by atoms with E-state index in [9.17, 15) is 4.91 Å². The maximum atomic E-state index is 10.8. The van der Waals surface area contributed by atoms with Crippen molar-refractivity contribution in [1.29, 1.82) is 0 Å². The van der Waals surface area contributed by atoms with E-state index in [4.69, 9.17) is 4.74 Å². The van der Waals surface area contributed by atoms with Crippen LogP contribution >= 0.6 is 0 Å². The number of hydrogen-bond acceptors (Lipinski definition) is 3. The molecule has 2 aromatic rings. The molecule has 0 aliphatic carbocycles. The molecule has 0 bridgehead atoms. The third-order valence-corrected chi connectivity index (χ3v) is 2.74. The highest BCUT2D eigenvalue weighted by molar-refractivity contribution is 5.19. The molecule has 0 radical (unpaired) electrons. The maximum absolute atomic E-state index is 10.8. The van der Waals surface area contributed by atoms with Gasteiger partial charge in [0.1, 0.15) is 6.61 Å². The largest absolute Gasteiger partial charge is 0.473 e. The highest BCUT2D eigenvalue weighted by Gasteiger charge is 2.02. The van der Waals surface area contributed by atoms with Crippen LogP contribution in [0.5, 0.6) is 5.88 Å². The van der Waals surface area contributed by atoms with E-state index < -0.39 is 0 Å². The summed E-state index contributed by atoms with van der Waals surface area (Å²) in [5, 5.41) is 0. The molecule has 0 saturated heterocycles. The minimum absolute atomic E-state index is 0.478. The average molecular weight is 257 g/mol. The predicted octanol–water partition coefficient (Wildman–Crippen LogP) is 2.61. The van der Waals surface area contributed by atoms with E-state index in [0.717, 1.165) is 15.9 Å². The van der Waals surface area contributed by atoms with Gasteiger partial charge in [0.15, 0.2) is 13.6 Å². The Morgan fingerprint density at radius 1 is 1.11 bits per heavy atom. The number of benzene rings is 1. The van der Waals surface area contributed by atoms with E-state index >= 15 is 0 Å². The molecule has 1 aromatic carbocycles. The van der Waals surface area contributed by atoms with Gasteiger partial charge in [0.2, 0.25) is 5.88 Å². The lowest BCUT2D eigenvalue weighted by Gasteiger charge is -2.05. The predicted molar refractivity (Wildman–Crippen MR) is 73.1 cm³/mol. The van der Waals surface area contributed by atoms with E-state index in [1.54, 1.807) is 6.20 Å². The van der Waals surface area contributed by atoms with E-state index in [1.807, 2.05) is 42.5 Å². The Morgan fingerprint density at radius 3 is 2.53 bits per heavy atom. The van der Waals surface area contributed by atoms with Gasteiger partial charge in [-0.2, -0.15) is 0 Å². The van der Waals surface area contributed by atoms with Gasteiger partial charge < -0.3 is 4.74 Å². The summed E-state index contributed by atoms with van der Waals surface area (Å²) >= 11 is 0. The molecule has 4 heteroatoms. The molecule has 0 saturated carbocycles. The van der Waals surface area contributed by atoms with Crippen molar-refractivity contribution >= 4 is 0 Å². The van der Waals surface area contributed by atoms with Gasteiger partial charge in [-0.05, 0) is 15.9 Å². The van der Waals surface area contributed by atoms with E-state index in [1.165, 1.54) is 7.05 Å². The summed E-state index contributed by atoms with van der Waals surface area (Å²) in [5.74, 6) is 0.600. The van der Waals surface area contributed by atoms with Gasteiger partial charge in [-0.15, -0.1) is 0 Å². The molecule has 0 atom stereocenters. The second-order valence-corrected chi connectivity index (χ2v) is 4.38. The van der Waals surface area contributed by atoms with Crippen molar-refractivity contribution in [3.8, 4) is 5.88 Å². The van der Waals surface area contributed by atoms with Crippen molar-refractivity contribution in [2.75, 3.05) is 13.6 Å². The first kappa shape index (κ1) is 13.2. The molecular weight excluding hydrogens is 240 g/mol. The molecule has 0 unspecified atom stereocenters. The molecule has 0 aliphatic heterocycles. The zero-order valence-corrected chi connectivity index (χ0v) is 11.0. The highest BCUT2D eigenvalue weighted by Crippen LogP contribution is 2.10. The van der Waals surface area contributed by atoms with Crippen LogP contribution in [-0.2, 0) is 13.0 Å². The van der Waals surface area contributed by atoms with Crippen molar-refractivity contribution in [2.45, 2.75) is 13.0 Å². The van der Waals surface area contributed by atoms with Gasteiger partial charge in [0.25, 0.3) is 0 Å². The minimum Gasteiger partial charge on any atom is -0.473 e. The fourth-order valence-electron chi connectivity index (χ4n) is 1.66. The summed E-state index contributed by atoms with van der Waals surface area (Å²) in [6.07, 6.45) is 2.45. The van der Waals surface area contributed by atoms with Gasteiger partial charge in [-0.1, -0.05) is 36.4 Å². The number of ether oxygens (including phenoxy) is 1. The summed E-state index contributed by atoms with van der Waals surface area (Å²) in [4.78, 5) is 15.0. The summed E-state index contributed by atoms with van der Waals surface area (Å²) in [6, 6.07) is 13.7. The third-order valence-electron chi connectivity index (χ3n) is 2.74. The smallest absolute Gasteiger partial charge is 0.213 e. The van der Waals surface area contributed by atoms with Crippen LogP contribution in [0.1, 0.15) is 11.1 Å². The Hall–Kier alpha value is -2.23. The van der Waals surface area contributed by atoms with Crippen LogP contribution in [0.3, 0.4) is 0 Å². The summed E-state index contributed by atoms with van der Waals surface area (Å²) in [5.41, 5.74) is 2.15. The van der Waals surface area contributed by atoms with Gasteiger partial charge in [-0.25, -0.2) is 4.98 Å². The van der Waals surface area contributed by atoms with E-state index in [0.29, 0.717) is 25.5 Å². The normalized spacial score (nSPS) is 10.2. The first-order valence-corrected chi connectivity index (χ1v) is 6.24. The number of aromatic nitrogens is 1. The first-order valence-electron chi connectivity index (χ1n) is 6.24. The van der Waals surface area contributed by atoms with Gasteiger partial charge >= 0.3 is 0 Å². The quantitative estimate of drug-likeness (QED) is 0.747. The van der Waals surface area contributed by atoms with Gasteiger partial charge in [0, 0.05) is 23.6 Å². The standard InChI is InChI=1S/C15H17N2O2/c1-17(18)10-9-13-7-8-15(16-11-13)19-12-14-5-3-2-4-6-14/h2-8,11H,9-10,12H2,1H3/q+1. The van der Waals surface area contributed by atoms with Crippen molar-refractivity contribution in [3.05, 3.63) is 64.7 Å². The zero-order valence-electron chi connectivity index (χ0n) is 11.0. The lowest BCUT2D eigenvalue weighted by atomic mass is 10.2. The van der Waals surface area contributed by atoms with Crippen LogP contribution in [0.2, 0.25) is 0 Å². The molecule has 1 aromatic heterocycles. The topological polar surface area (TPSA) is 42.2 Å². The van der Waals surface area contributed by atoms with Crippen molar-refractivity contribution in [3.63, 3.8) is 0 Å². The summed E-state index contributed by atoms with van der Waals surface area (Å²) in [7, 11) is 1.52. The number of likely N-dealkylation sites (N-methyl/N-ethyl adjacent to an activating group) is 1.